The predicted octanol–water partition coefficient (Wildman–Crippen LogP) is 3.77. The first-order valence-electron chi connectivity index (χ1n) is 6.41. The predicted molar refractivity (Wildman–Crippen MR) is 91.0 cm³/mol. The average Bonchev–Trinajstić information content (AvgIpc) is 2.51. The van der Waals surface area contributed by atoms with Gasteiger partial charge in [0, 0.05) is 0 Å². The molecule has 0 aliphatic rings. The van der Waals surface area contributed by atoms with E-state index in [1.807, 2.05) is 0 Å². The number of halogens is 1. The van der Waals surface area contributed by atoms with Gasteiger partial charge in [-0.3, -0.25) is 0 Å². The van der Waals surface area contributed by atoms with Crippen molar-refractivity contribution < 1.29 is 0 Å². The molecule has 0 saturated heterocycles. The van der Waals surface area contributed by atoms with E-state index < -0.39 is 0 Å². The van der Waals surface area contributed by atoms with Crippen LogP contribution in [0.1, 0.15) is 0 Å². The summed E-state index contributed by atoms with van der Waals surface area (Å²) in [6.07, 6.45) is 0. The molecule has 0 bridgehead atoms. The van der Waals surface area contributed by atoms with Gasteiger partial charge in [0.15, 0.2) is 0 Å². The molecule has 0 heterocycles. The SMILES string of the molecule is Brc1ccc([Se]c2ccccc2-c2ccccc2)cc1. The number of rotatable bonds is 3. The van der Waals surface area contributed by atoms with Crippen LogP contribution < -0.4 is 8.92 Å². The molecular formula is C18H13BrSe. The van der Waals surface area contributed by atoms with Crippen molar-refractivity contribution in [3.8, 4) is 11.1 Å². The maximum absolute atomic E-state index is 3.49. The van der Waals surface area contributed by atoms with Gasteiger partial charge in [-0.25, -0.2) is 0 Å². The van der Waals surface area contributed by atoms with Gasteiger partial charge in [-0.1, -0.05) is 0 Å². The number of hydrogen-bond acceptors (Lipinski definition) is 0. The molecule has 0 N–H and O–H groups in total. The minimum absolute atomic E-state index is 0.327. The number of benzene rings is 3. The van der Waals surface area contributed by atoms with E-state index in [-0.39, 0.29) is 0 Å². The summed E-state index contributed by atoms with van der Waals surface area (Å²) in [5.41, 5.74) is 2.64. The summed E-state index contributed by atoms with van der Waals surface area (Å²) in [6, 6.07) is 27.9. The van der Waals surface area contributed by atoms with Gasteiger partial charge in [0.1, 0.15) is 0 Å². The molecule has 0 amide bonds. The molecule has 2 heteroatoms. The minimum atomic E-state index is 0.327. The van der Waals surface area contributed by atoms with Crippen LogP contribution in [0.15, 0.2) is 83.3 Å². The summed E-state index contributed by atoms with van der Waals surface area (Å²) in [5, 5.41) is 0. The van der Waals surface area contributed by atoms with Gasteiger partial charge in [0.05, 0.1) is 0 Å². The Morgan fingerprint density at radius 1 is 0.650 bits per heavy atom. The zero-order valence-electron chi connectivity index (χ0n) is 10.8. The molecular weight excluding hydrogens is 375 g/mol. The summed E-state index contributed by atoms with van der Waals surface area (Å²) in [7, 11) is 0. The monoisotopic (exact) mass is 388 g/mol. The van der Waals surface area contributed by atoms with E-state index in [9.17, 15) is 0 Å². The van der Waals surface area contributed by atoms with Crippen molar-refractivity contribution in [2.45, 2.75) is 0 Å². The third-order valence-corrected chi connectivity index (χ3v) is 5.82. The summed E-state index contributed by atoms with van der Waals surface area (Å²) < 4.78 is 3.95. The molecule has 20 heavy (non-hydrogen) atoms. The van der Waals surface area contributed by atoms with Crippen LogP contribution in [0.3, 0.4) is 0 Å². The maximum atomic E-state index is 3.49. The van der Waals surface area contributed by atoms with Gasteiger partial charge in [0.25, 0.3) is 0 Å². The molecule has 0 atom stereocenters. The number of hydrogen-bond donors (Lipinski definition) is 0. The average molecular weight is 388 g/mol. The molecule has 3 aromatic carbocycles. The van der Waals surface area contributed by atoms with E-state index in [0.29, 0.717) is 15.0 Å². The van der Waals surface area contributed by atoms with Crippen LogP contribution in [0.5, 0.6) is 0 Å². The van der Waals surface area contributed by atoms with E-state index in [0.717, 1.165) is 4.47 Å². The summed E-state index contributed by atoms with van der Waals surface area (Å²) in [5.74, 6) is 0. The van der Waals surface area contributed by atoms with E-state index in [1.165, 1.54) is 20.1 Å². The molecule has 0 spiro atoms. The molecule has 0 aromatic heterocycles. The molecule has 3 rings (SSSR count). The first kappa shape index (κ1) is 13.6. The standard InChI is InChI=1S/C18H13BrSe/c19-15-10-12-16(13-11-15)20-18-9-5-4-8-17(18)14-6-2-1-3-7-14/h1-13H. The molecule has 0 saturated carbocycles. The fraction of sp³-hybridized carbons (Fsp3) is 0. The van der Waals surface area contributed by atoms with Crippen molar-refractivity contribution in [3.63, 3.8) is 0 Å². The quantitative estimate of drug-likeness (QED) is 0.600. The molecule has 0 radical (unpaired) electrons. The van der Waals surface area contributed by atoms with Gasteiger partial charge >= 0.3 is 134 Å². The van der Waals surface area contributed by atoms with Crippen LogP contribution >= 0.6 is 15.9 Å². The van der Waals surface area contributed by atoms with Gasteiger partial charge in [-0.2, -0.15) is 0 Å². The summed E-state index contributed by atoms with van der Waals surface area (Å²) in [6.45, 7) is 0. The van der Waals surface area contributed by atoms with Crippen molar-refractivity contribution >= 4 is 39.8 Å². The van der Waals surface area contributed by atoms with Crippen LogP contribution in [-0.2, 0) is 0 Å². The van der Waals surface area contributed by atoms with Crippen molar-refractivity contribution in [2.75, 3.05) is 0 Å². The van der Waals surface area contributed by atoms with Crippen molar-refractivity contribution in [1.82, 2.24) is 0 Å². The van der Waals surface area contributed by atoms with Crippen LogP contribution in [-0.4, -0.2) is 15.0 Å². The zero-order valence-corrected chi connectivity index (χ0v) is 14.1. The van der Waals surface area contributed by atoms with Gasteiger partial charge < -0.3 is 0 Å². The Kier molecular flexibility index (Phi) is 4.37. The van der Waals surface area contributed by atoms with Gasteiger partial charge in [0.2, 0.25) is 0 Å². The van der Waals surface area contributed by atoms with E-state index in [2.05, 4.69) is 94.8 Å². The second kappa shape index (κ2) is 6.41. The van der Waals surface area contributed by atoms with Crippen molar-refractivity contribution in [3.05, 3.63) is 83.3 Å². The third kappa shape index (κ3) is 3.21. The van der Waals surface area contributed by atoms with Crippen LogP contribution in [0.4, 0.5) is 0 Å². The molecule has 98 valence electrons. The van der Waals surface area contributed by atoms with E-state index in [1.54, 1.807) is 0 Å². The summed E-state index contributed by atoms with van der Waals surface area (Å²) >= 11 is 3.82. The first-order valence-corrected chi connectivity index (χ1v) is 8.91. The summed E-state index contributed by atoms with van der Waals surface area (Å²) in [4.78, 5) is 0. The Morgan fingerprint density at radius 3 is 2.05 bits per heavy atom. The topological polar surface area (TPSA) is 0 Å². The van der Waals surface area contributed by atoms with Crippen molar-refractivity contribution in [2.24, 2.45) is 0 Å². The Morgan fingerprint density at radius 2 is 1.30 bits per heavy atom. The second-order valence-electron chi connectivity index (χ2n) is 4.42. The molecule has 0 unspecified atom stereocenters. The Hall–Kier alpha value is -1.34. The molecule has 0 nitrogen and oxygen atoms in total. The first-order chi connectivity index (χ1) is 9.83. The molecule has 0 aliphatic carbocycles. The second-order valence-corrected chi connectivity index (χ2v) is 7.67. The van der Waals surface area contributed by atoms with Gasteiger partial charge in [-0.15, -0.1) is 0 Å². The third-order valence-electron chi connectivity index (χ3n) is 3.01. The fourth-order valence-corrected chi connectivity index (χ4v) is 4.34. The molecule has 0 aliphatic heterocycles. The Bertz CT molecular complexity index is 690. The molecule has 3 aromatic rings. The zero-order chi connectivity index (χ0) is 13.8. The Labute approximate surface area is 134 Å². The van der Waals surface area contributed by atoms with Crippen molar-refractivity contribution in [1.29, 1.82) is 0 Å². The van der Waals surface area contributed by atoms with Crippen LogP contribution in [0.25, 0.3) is 11.1 Å². The Balaban J connectivity index is 1.96. The van der Waals surface area contributed by atoms with Gasteiger partial charge in [-0.05, 0) is 0 Å². The van der Waals surface area contributed by atoms with E-state index in [4.69, 9.17) is 0 Å². The fourth-order valence-electron chi connectivity index (χ4n) is 2.04. The molecule has 0 fully saturated rings. The normalized spacial score (nSPS) is 10.4. The van der Waals surface area contributed by atoms with E-state index >= 15 is 0 Å². The van der Waals surface area contributed by atoms with Crippen LogP contribution in [0.2, 0.25) is 0 Å². The van der Waals surface area contributed by atoms with Crippen LogP contribution in [0, 0.1) is 0 Å².